The van der Waals surface area contributed by atoms with Crippen LogP contribution in [0.25, 0.3) is 0 Å². The first-order valence-electron chi connectivity index (χ1n) is 12.7. The summed E-state index contributed by atoms with van der Waals surface area (Å²) in [5, 5.41) is 0. The molecule has 2 aromatic rings. The highest BCUT2D eigenvalue weighted by Crippen LogP contribution is 2.51. The van der Waals surface area contributed by atoms with Gasteiger partial charge in [0.25, 0.3) is 0 Å². The van der Waals surface area contributed by atoms with Gasteiger partial charge in [0.2, 0.25) is 11.8 Å². The Balaban J connectivity index is 1.45. The minimum Gasteiger partial charge on any atom is -0.444 e. The molecule has 9 nitrogen and oxygen atoms in total. The Morgan fingerprint density at radius 2 is 1.77 bits per heavy atom. The molecule has 2 spiro atoms. The van der Waals surface area contributed by atoms with E-state index in [0.717, 1.165) is 6.07 Å². The fourth-order valence-electron chi connectivity index (χ4n) is 5.39. The monoisotopic (exact) mass is 554 g/mol. The van der Waals surface area contributed by atoms with E-state index in [1.165, 1.54) is 18.2 Å². The van der Waals surface area contributed by atoms with Gasteiger partial charge in [-0.25, -0.2) is 14.2 Å². The van der Waals surface area contributed by atoms with Crippen LogP contribution in [0.4, 0.5) is 28.3 Å². The van der Waals surface area contributed by atoms with Crippen molar-refractivity contribution in [1.29, 1.82) is 0 Å². The summed E-state index contributed by atoms with van der Waals surface area (Å²) in [7, 11) is 0. The minimum absolute atomic E-state index is 0.00217. The van der Waals surface area contributed by atoms with Gasteiger partial charge in [-0.15, -0.1) is 0 Å². The van der Waals surface area contributed by atoms with Crippen molar-refractivity contribution in [3.05, 3.63) is 41.8 Å². The van der Waals surface area contributed by atoms with Crippen LogP contribution in [0.3, 0.4) is 0 Å². The van der Waals surface area contributed by atoms with E-state index in [9.17, 15) is 22.4 Å². The topological polar surface area (TPSA) is 86.2 Å². The number of hydrogen-bond donors (Lipinski definition) is 0. The predicted molar refractivity (Wildman–Crippen MR) is 130 cm³/mol. The molecule has 39 heavy (non-hydrogen) atoms. The number of piperidine rings is 1. The maximum Gasteiger partial charge on any atom is 0.433 e. The Morgan fingerprint density at radius 3 is 2.44 bits per heavy atom. The third-order valence-corrected chi connectivity index (χ3v) is 7.05. The van der Waals surface area contributed by atoms with E-state index in [-0.39, 0.29) is 37.2 Å². The molecule has 0 N–H and O–H groups in total. The Morgan fingerprint density at radius 1 is 1.03 bits per heavy atom. The second-order valence-electron chi connectivity index (χ2n) is 11.0. The lowest BCUT2D eigenvalue weighted by molar-refractivity contribution is -0.255. The molecule has 0 saturated carbocycles. The van der Waals surface area contributed by atoms with Crippen molar-refractivity contribution in [1.82, 2.24) is 14.9 Å². The SMILES string of the molecule is CC(C)(C)OC(=O)N1CCC2(OCCO2)C2(CCN(c3nc(Oc4cccc(F)c4)cc(C(F)(F)F)n3)C2)C1. The first kappa shape index (κ1) is 27.4. The molecule has 4 heterocycles. The Kier molecular flexibility index (Phi) is 6.86. The van der Waals surface area contributed by atoms with Gasteiger partial charge in [0, 0.05) is 44.7 Å². The number of alkyl halides is 3. The number of ether oxygens (including phenoxy) is 4. The summed E-state index contributed by atoms with van der Waals surface area (Å²) in [5.41, 5.74) is -2.65. The van der Waals surface area contributed by atoms with Gasteiger partial charge in [0.15, 0.2) is 11.5 Å². The number of likely N-dealkylation sites (tertiary alicyclic amines) is 1. The summed E-state index contributed by atoms with van der Waals surface area (Å²) >= 11 is 0. The second kappa shape index (κ2) is 9.77. The number of amides is 1. The molecule has 1 amide bonds. The maximum absolute atomic E-state index is 13.8. The van der Waals surface area contributed by atoms with Gasteiger partial charge in [-0.2, -0.15) is 18.2 Å². The van der Waals surface area contributed by atoms with Crippen molar-refractivity contribution in [3.63, 3.8) is 0 Å². The first-order valence-corrected chi connectivity index (χ1v) is 12.7. The molecule has 0 radical (unpaired) electrons. The Labute approximate surface area is 223 Å². The number of carbonyl (C=O) groups excluding carboxylic acids is 1. The zero-order valence-electron chi connectivity index (χ0n) is 21.9. The largest absolute Gasteiger partial charge is 0.444 e. The van der Waals surface area contributed by atoms with Crippen LogP contribution in [0.5, 0.6) is 11.6 Å². The van der Waals surface area contributed by atoms with E-state index >= 15 is 0 Å². The van der Waals surface area contributed by atoms with Crippen molar-refractivity contribution in [2.75, 3.05) is 44.3 Å². The van der Waals surface area contributed by atoms with Gasteiger partial charge in [-0.1, -0.05) is 6.07 Å². The maximum atomic E-state index is 13.8. The average molecular weight is 555 g/mol. The van der Waals surface area contributed by atoms with Gasteiger partial charge in [-0.05, 0) is 39.3 Å². The molecule has 1 atom stereocenters. The van der Waals surface area contributed by atoms with Crippen LogP contribution in [0.1, 0.15) is 39.3 Å². The van der Waals surface area contributed by atoms with Gasteiger partial charge >= 0.3 is 12.3 Å². The van der Waals surface area contributed by atoms with Crippen LogP contribution in [-0.2, 0) is 20.4 Å². The summed E-state index contributed by atoms with van der Waals surface area (Å²) < 4.78 is 78.3. The van der Waals surface area contributed by atoms with Crippen LogP contribution >= 0.6 is 0 Å². The fraction of sp³-hybridized carbons (Fsp3) is 0.577. The third kappa shape index (κ3) is 5.60. The van der Waals surface area contributed by atoms with Gasteiger partial charge in [-0.3, -0.25) is 0 Å². The molecule has 212 valence electrons. The van der Waals surface area contributed by atoms with Crippen LogP contribution in [-0.4, -0.2) is 71.7 Å². The number of fused-ring (bicyclic) bond motifs is 1. The lowest BCUT2D eigenvalue weighted by Crippen LogP contribution is -2.63. The molecule has 1 unspecified atom stereocenters. The average Bonchev–Trinajstić information content (AvgIpc) is 3.48. The minimum atomic E-state index is -4.77. The number of carbonyl (C=O) groups is 1. The molecule has 13 heteroatoms. The van der Waals surface area contributed by atoms with Crippen LogP contribution in [0.15, 0.2) is 30.3 Å². The van der Waals surface area contributed by atoms with E-state index in [4.69, 9.17) is 18.9 Å². The summed E-state index contributed by atoms with van der Waals surface area (Å²) in [6.07, 6.45) is -4.41. The van der Waals surface area contributed by atoms with Crippen molar-refractivity contribution >= 4 is 12.0 Å². The predicted octanol–water partition coefficient (Wildman–Crippen LogP) is 5.01. The molecule has 1 aromatic heterocycles. The summed E-state index contributed by atoms with van der Waals surface area (Å²) in [5.74, 6) is -2.18. The Bertz CT molecular complexity index is 1230. The van der Waals surface area contributed by atoms with Gasteiger partial charge in [0.1, 0.15) is 17.2 Å². The molecule has 3 aliphatic heterocycles. The molecule has 3 fully saturated rings. The van der Waals surface area contributed by atoms with E-state index in [0.29, 0.717) is 38.7 Å². The molecule has 3 saturated heterocycles. The molecular weight excluding hydrogens is 524 g/mol. The van der Waals surface area contributed by atoms with Crippen LogP contribution in [0.2, 0.25) is 0 Å². The van der Waals surface area contributed by atoms with Crippen molar-refractivity contribution in [2.24, 2.45) is 5.41 Å². The summed E-state index contributed by atoms with van der Waals surface area (Å²) in [4.78, 5) is 24.1. The summed E-state index contributed by atoms with van der Waals surface area (Å²) in [6.45, 7) is 7.12. The van der Waals surface area contributed by atoms with E-state index in [1.54, 1.807) is 30.6 Å². The highest BCUT2D eigenvalue weighted by Gasteiger charge is 2.62. The van der Waals surface area contributed by atoms with E-state index in [1.807, 2.05) is 0 Å². The van der Waals surface area contributed by atoms with Crippen LogP contribution in [0, 0.1) is 11.2 Å². The fourth-order valence-corrected chi connectivity index (χ4v) is 5.39. The number of hydrogen-bond acceptors (Lipinski definition) is 8. The Hall–Kier alpha value is -3.19. The van der Waals surface area contributed by atoms with Crippen molar-refractivity contribution < 1.29 is 41.3 Å². The lowest BCUT2D eigenvalue weighted by atomic mass is 9.73. The van der Waals surface area contributed by atoms with Gasteiger partial charge < -0.3 is 28.7 Å². The van der Waals surface area contributed by atoms with Crippen LogP contribution < -0.4 is 9.64 Å². The van der Waals surface area contributed by atoms with Gasteiger partial charge in [0.05, 0.1) is 18.6 Å². The highest BCUT2D eigenvalue weighted by molar-refractivity contribution is 5.68. The molecule has 3 aliphatic rings. The zero-order chi connectivity index (χ0) is 28.1. The first-order chi connectivity index (χ1) is 18.3. The molecule has 0 aliphatic carbocycles. The van der Waals surface area contributed by atoms with Crippen molar-refractivity contribution in [3.8, 4) is 11.6 Å². The number of rotatable bonds is 3. The molecule has 0 bridgehead atoms. The number of nitrogens with zero attached hydrogens (tertiary/aromatic N) is 4. The van der Waals surface area contributed by atoms with Crippen molar-refractivity contribution in [2.45, 2.75) is 51.2 Å². The lowest BCUT2D eigenvalue weighted by Gasteiger charge is -2.51. The number of anilines is 1. The smallest absolute Gasteiger partial charge is 0.433 e. The molecular formula is C26H30F4N4O5. The number of benzene rings is 1. The quantitative estimate of drug-likeness (QED) is 0.490. The number of aromatic nitrogens is 2. The molecule has 1 aromatic carbocycles. The van der Waals surface area contributed by atoms with E-state index < -0.39 is 40.6 Å². The number of halogens is 4. The standard InChI is InChI=1S/C26H30F4N4O5/c1-23(2,3)39-22(35)34-10-8-25(36-11-12-37-25)24(16-34)7-9-33(15-24)21-31-19(26(28,29)30)14-20(32-21)38-18-6-4-5-17(27)13-18/h4-6,13-14H,7-12,15-16H2,1-3H3. The third-order valence-electron chi connectivity index (χ3n) is 7.05. The summed E-state index contributed by atoms with van der Waals surface area (Å²) in [6, 6.07) is 5.70. The zero-order valence-corrected chi connectivity index (χ0v) is 21.9. The normalized spacial score (nSPS) is 23.1. The molecule has 5 rings (SSSR count). The highest BCUT2D eigenvalue weighted by atomic mass is 19.4. The second-order valence-corrected chi connectivity index (χ2v) is 11.0. The van der Waals surface area contributed by atoms with E-state index in [2.05, 4.69) is 9.97 Å².